The van der Waals surface area contributed by atoms with Gasteiger partial charge in [0, 0.05) is 27.0 Å². The second kappa shape index (κ2) is 7.33. The van der Waals surface area contributed by atoms with Crippen molar-refractivity contribution in [2.45, 2.75) is 19.5 Å². The van der Waals surface area contributed by atoms with E-state index in [4.69, 9.17) is 9.47 Å². The number of aryl methyl sites for hydroxylation is 1. The van der Waals surface area contributed by atoms with Gasteiger partial charge in [0.05, 0.1) is 24.9 Å². The number of ether oxygens (including phenoxy) is 2. The molecule has 0 atom stereocenters. The fourth-order valence-corrected chi connectivity index (χ4v) is 1.42. The average Bonchev–Trinajstić information content (AvgIpc) is 2.29. The Morgan fingerprint density at radius 1 is 1.25 bits per heavy atom. The summed E-state index contributed by atoms with van der Waals surface area (Å²) in [5.74, 6) is 0. The van der Waals surface area contributed by atoms with Crippen molar-refractivity contribution in [3.05, 3.63) is 29.6 Å². The van der Waals surface area contributed by atoms with Gasteiger partial charge in [-0.25, -0.2) is 0 Å². The van der Waals surface area contributed by atoms with Crippen LogP contribution in [0.4, 0.5) is 0 Å². The first-order valence-corrected chi connectivity index (χ1v) is 5.39. The van der Waals surface area contributed by atoms with Gasteiger partial charge in [0.2, 0.25) is 0 Å². The van der Waals surface area contributed by atoms with Crippen LogP contribution in [-0.2, 0) is 16.0 Å². The SMILES string of the molecule is COCC(COC)NCc1ccc(C)cn1. The van der Waals surface area contributed by atoms with Gasteiger partial charge in [0.25, 0.3) is 0 Å². The highest BCUT2D eigenvalue weighted by molar-refractivity contribution is 5.12. The molecule has 4 nitrogen and oxygen atoms in total. The minimum atomic E-state index is 0.207. The van der Waals surface area contributed by atoms with Crippen LogP contribution in [0.5, 0.6) is 0 Å². The molecule has 0 saturated carbocycles. The normalized spacial score (nSPS) is 11.0. The standard InChI is InChI=1S/C12H20N2O2/c1-10-4-5-11(13-6-10)7-14-12(8-15-2)9-16-3/h4-6,12,14H,7-9H2,1-3H3. The van der Waals surface area contributed by atoms with Crippen molar-refractivity contribution in [2.75, 3.05) is 27.4 Å². The zero-order chi connectivity index (χ0) is 11.8. The molecule has 1 heterocycles. The molecule has 0 fully saturated rings. The molecule has 1 aromatic rings. The quantitative estimate of drug-likeness (QED) is 0.754. The van der Waals surface area contributed by atoms with Crippen LogP contribution in [0.3, 0.4) is 0 Å². The van der Waals surface area contributed by atoms with Crippen LogP contribution in [0.1, 0.15) is 11.3 Å². The second-order valence-electron chi connectivity index (χ2n) is 3.82. The molecule has 1 aromatic heterocycles. The Labute approximate surface area is 97.0 Å². The van der Waals surface area contributed by atoms with Crippen molar-refractivity contribution in [3.63, 3.8) is 0 Å². The summed E-state index contributed by atoms with van der Waals surface area (Å²) in [6.07, 6.45) is 1.87. The number of aromatic nitrogens is 1. The van der Waals surface area contributed by atoms with E-state index in [1.54, 1.807) is 14.2 Å². The van der Waals surface area contributed by atoms with E-state index >= 15 is 0 Å². The number of rotatable bonds is 7. The molecular formula is C12H20N2O2. The third-order valence-electron chi connectivity index (χ3n) is 2.28. The fraction of sp³-hybridized carbons (Fsp3) is 0.583. The summed E-state index contributed by atoms with van der Waals surface area (Å²) < 4.78 is 10.2. The van der Waals surface area contributed by atoms with Crippen molar-refractivity contribution in [1.82, 2.24) is 10.3 Å². The molecule has 0 aliphatic carbocycles. The minimum absolute atomic E-state index is 0.207. The Bertz CT molecular complexity index is 282. The molecular weight excluding hydrogens is 204 g/mol. The minimum Gasteiger partial charge on any atom is -0.383 e. The van der Waals surface area contributed by atoms with E-state index in [0.29, 0.717) is 13.2 Å². The molecule has 1 rings (SSSR count). The lowest BCUT2D eigenvalue weighted by Crippen LogP contribution is -2.36. The van der Waals surface area contributed by atoms with Crippen molar-refractivity contribution in [3.8, 4) is 0 Å². The molecule has 0 aliphatic heterocycles. The summed E-state index contributed by atoms with van der Waals surface area (Å²) in [7, 11) is 3.38. The average molecular weight is 224 g/mol. The van der Waals surface area contributed by atoms with Crippen LogP contribution in [0.2, 0.25) is 0 Å². The maximum atomic E-state index is 5.10. The largest absolute Gasteiger partial charge is 0.383 e. The van der Waals surface area contributed by atoms with E-state index in [-0.39, 0.29) is 6.04 Å². The van der Waals surface area contributed by atoms with Crippen LogP contribution in [-0.4, -0.2) is 38.5 Å². The predicted octanol–water partition coefficient (Wildman–Crippen LogP) is 1.14. The molecule has 0 aliphatic rings. The van der Waals surface area contributed by atoms with E-state index in [2.05, 4.69) is 16.4 Å². The number of nitrogens with one attached hydrogen (secondary N) is 1. The third kappa shape index (κ3) is 4.70. The second-order valence-corrected chi connectivity index (χ2v) is 3.82. The highest BCUT2D eigenvalue weighted by atomic mass is 16.5. The van der Waals surface area contributed by atoms with E-state index < -0.39 is 0 Å². The van der Waals surface area contributed by atoms with E-state index in [9.17, 15) is 0 Å². The van der Waals surface area contributed by atoms with Gasteiger partial charge >= 0.3 is 0 Å². The molecule has 4 heteroatoms. The van der Waals surface area contributed by atoms with Gasteiger partial charge in [-0.05, 0) is 18.6 Å². The van der Waals surface area contributed by atoms with Gasteiger partial charge < -0.3 is 14.8 Å². The predicted molar refractivity (Wildman–Crippen MR) is 63.4 cm³/mol. The van der Waals surface area contributed by atoms with Gasteiger partial charge in [-0.1, -0.05) is 6.07 Å². The fourth-order valence-electron chi connectivity index (χ4n) is 1.42. The summed E-state index contributed by atoms with van der Waals surface area (Å²) in [6, 6.07) is 4.29. The summed E-state index contributed by atoms with van der Waals surface area (Å²) in [6.45, 7) is 4.04. The maximum absolute atomic E-state index is 5.10. The van der Waals surface area contributed by atoms with Crippen LogP contribution >= 0.6 is 0 Å². The summed E-state index contributed by atoms with van der Waals surface area (Å²) in [5, 5.41) is 3.34. The Morgan fingerprint density at radius 3 is 2.44 bits per heavy atom. The monoisotopic (exact) mass is 224 g/mol. The number of methoxy groups -OCH3 is 2. The van der Waals surface area contributed by atoms with Crippen LogP contribution in [0.25, 0.3) is 0 Å². The van der Waals surface area contributed by atoms with Gasteiger partial charge in [0.15, 0.2) is 0 Å². The number of pyridine rings is 1. The Balaban J connectivity index is 2.38. The van der Waals surface area contributed by atoms with E-state index in [1.807, 2.05) is 19.2 Å². The Hall–Kier alpha value is -0.970. The van der Waals surface area contributed by atoms with Crippen LogP contribution in [0, 0.1) is 6.92 Å². The molecule has 90 valence electrons. The Kier molecular flexibility index (Phi) is 6.00. The molecule has 0 aromatic carbocycles. The highest BCUT2D eigenvalue weighted by Gasteiger charge is 2.07. The van der Waals surface area contributed by atoms with Gasteiger partial charge in [-0.15, -0.1) is 0 Å². The van der Waals surface area contributed by atoms with Gasteiger partial charge in [-0.2, -0.15) is 0 Å². The zero-order valence-corrected chi connectivity index (χ0v) is 10.2. The topological polar surface area (TPSA) is 43.4 Å². The molecule has 0 spiro atoms. The zero-order valence-electron chi connectivity index (χ0n) is 10.2. The molecule has 0 saturated heterocycles. The maximum Gasteiger partial charge on any atom is 0.0638 e. The van der Waals surface area contributed by atoms with Crippen molar-refractivity contribution in [1.29, 1.82) is 0 Å². The first-order valence-electron chi connectivity index (χ1n) is 5.39. The third-order valence-corrected chi connectivity index (χ3v) is 2.28. The molecule has 16 heavy (non-hydrogen) atoms. The van der Waals surface area contributed by atoms with Crippen LogP contribution in [0.15, 0.2) is 18.3 Å². The van der Waals surface area contributed by atoms with E-state index in [0.717, 1.165) is 12.2 Å². The summed E-state index contributed by atoms with van der Waals surface area (Å²) in [5.41, 5.74) is 2.21. The molecule has 0 bridgehead atoms. The van der Waals surface area contributed by atoms with E-state index in [1.165, 1.54) is 5.56 Å². The summed E-state index contributed by atoms with van der Waals surface area (Å²) in [4.78, 5) is 4.33. The number of hydrogen-bond acceptors (Lipinski definition) is 4. The molecule has 0 radical (unpaired) electrons. The molecule has 0 unspecified atom stereocenters. The molecule has 0 amide bonds. The van der Waals surface area contributed by atoms with Crippen LogP contribution < -0.4 is 5.32 Å². The smallest absolute Gasteiger partial charge is 0.0638 e. The van der Waals surface area contributed by atoms with Crippen molar-refractivity contribution < 1.29 is 9.47 Å². The lowest BCUT2D eigenvalue weighted by atomic mass is 10.2. The first kappa shape index (κ1) is 13.1. The lowest BCUT2D eigenvalue weighted by molar-refractivity contribution is 0.102. The van der Waals surface area contributed by atoms with Gasteiger partial charge in [-0.3, -0.25) is 4.98 Å². The lowest BCUT2D eigenvalue weighted by Gasteiger charge is -2.16. The number of nitrogens with zero attached hydrogens (tertiary/aromatic N) is 1. The Morgan fingerprint density at radius 2 is 1.94 bits per heavy atom. The van der Waals surface area contributed by atoms with Crippen molar-refractivity contribution in [2.24, 2.45) is 0 Å². The highest BCUT2D eigenvalue weighted by Crippen LogP contribution is 1.99. The summed E-state index contributed by atoms with van der Waals surface area (Å²) >= 11 is 0. The van der Waals surface area contributed by atoms with Gasteiger partial charge in [0.1, 0.15) is 0 Å². The molecule has 1 N–H and O–H groups in total. The first-order chi connectivity index (χ1) is 7.76. The number of hydrogen-bond donors (Lipinski definition) is 1. The van der Waals surface area contributed by atoms with Crippen molar-refractivity contribution >= 4 is 0 Å².